The van der Waals surface area contributed by atoms with Crippen LogP contribution in [0.4, 0.5) is 0 Å². The monoisotopic (exact) mass is 313 g/mol. The van der Waals surface area contributed by atoms with E-state index in [4.69, 9.17) is 0 Å². The highest BCUT2D eigenvalue weighted by Gasteiger charge is 2.37. The summed E-state index contributed by atoms with van der Waals surface area (Å²) in [6.07, 6.45) is 2.69. The van der Waals surface area contributed by atoms with Gasteiger partial charge in [-0.15, -0.1) is 0 Å². The molecule has 1 amide bonds. The van der Waals surface area contributed by atoms with Crippen molar-refractivity contribution in [2.24, 2.45) is 5.41 Å². The van der Waals surface area contributed by atoms with Crippen LogP contribution in [0.3, 0.4) is 0 Å². The molecule has 22 heavy (non-hydrogen) atoms. The summed E-state index contributed by atoms with van der Waals surface area (Å²) >= 11 is 0. The minimum Gasteiger partial charge on any atom is -0.396 e. The number of hydrogen-bond donors (Lipinski definition) is 2. The first-order valence-corrected chi connectivity index (χ1v) is 8.64. The molecule has 1 aliphatic heterocycles. The van der Waals surface area contributed by atoms with Crippen LogP contribution in [-0.4, -0.2) is 72.7 Å². The van der Waals surface area contributed by atoms with Gasteiger partial charge in [0.1, 0.15) is 0 Å². The van der Waals surface area contributed by atoms with Gasteiger partial charge in [-0.25, -0.2) is 0 Å². The van der Waals surface area contributed by atoms with Gasteiger partial charge in [-0.3, -0.25) is 9.69 Å². The molecule has 0 atom stereocenters. The fraction of sp³-hybridized carbons (Fsp3) is 0.941. The third-order valence-corrected chi connectivity index (χ3v) is 5.62. The van der Waals surface area contributed by atoms with E-state index >= 15 is 0 Å². The maximum absolute atomic E-state index is 12.7. The summed E-state index contributed by atoms with van der Waals surface area (Å²) in [5, 5.41) is 12.4. The Hall–Kier alpha value is -0.650. The van der Waals surface area contributed by atoms with Gasteiger partial charge in [0.15, 0.2) is 0 Å². The minimum atomic E-state index is -0.478. The third-order valence-electron chi connectivity index (χ3n) is 5.62. The Bertz CT molecular complexity index is 346. The number of nitrogens with one attached hydrogen (secondary N) is 1. The highest BCUT2D eigenvalue weighted by molar-refractivity contribution is 5.85. The number of carbonyl (C=O) groups excluding carboxylic acids is 1. The quantitative estimate of drug-likeness (QED) is 0.709. The summed E-state index contributed by atoms with van der Waals surface area (Å²) < 4.78 is 0. The van der Waals surface area contributed by atoms with Crippen molar-refractivity contribution in [3.05, 3.63) is 0 Å². The summed E-state index contributed by atoms with van der Waals surface area (Å²) in [4.78, 5) is 17.3. The van der Waals surface area contributed by atoms with Gasteiger partial charge < -0.3 is 15.3 Å². The normalized spacial score (nSPS) is 18.5. The Labute approximate surface area is 136 Å². The second-order valence-corrected chi connectivity index (χ2v) is 7.21. The molecule has 1 saturated heterocycles. The molecule has 2 N–H and O–H groups in total. The van der Waals surface area contributed by atoms with Crippen LogP contribution < -0.4 is 5.32 Å². The first-order chi connectivity index (χ1) is 10.3. The number of likely N-dealkylation sites (N-methyl/N-ethyl adjacent to an activating group) is 1. The predicted molar refractivity (Wildman–Crippen MR) is 90.9 cm³/mol. The van der Waals surface area contributed by atoms with Crippen molar-refractivity contribution < 1.29 is 9.90 Å². The Morgan fingerprint density at radius 2 is 1.68 bits per heavy atom. The number of aliphatic hydroxyl groups excluding tert-OH is 1. The van der Waals surface area contributed by atoms with Gasteiger partial charge in [0, 0.05) is 39.3 Å². The molecule has 0 aromatic rings. The molecular formula is C17H35N3O2. The lowest BCUT2D eigenvalue weighted by atomic mass is 9.79. The first kappa shape index (κ1) is 19.4. The second kappa shape index (κ2) is 8.27. The fourth-order valence-electron chi connectivity index (χ4n) is 3.17. The standard InChI is InChI=1S/C17H35N3O2/c1-6-17(7-2,8-13-21)14-18-15(22)16(3,4)20-11-9-19(5)10-12-20/h21H,6-14H2,1-5H3,(H,18,22). The molecular weight excluding hydrogens is 278 g/mol. The molecule has 0 aromatic heterocycles. The van der Waals surface area contributed by atoms with Crippen molar-refractivity contribution in [2.45, 2.75) is 52.5 Å². The highest BCUT2D eigenvalue weighted by atomic mass is 16.3. The van der Waals surface area contributed by atoms with Gasteiger partial charge >= 0.3 is 0 Å². The fourth-order valence-corrected chi connectivity index (χ4v) is 3.17. The van der Waals surface area contributed by atoms with E-state index in [9.17, 15) is 9.90 Å². The van der Waals surface area contributed by atoms with Crippen molar-refractivity contribution in [1.29, 1.82) is 0 Å². The van der Waals surface area contributed by atoms with Gasteiger partial charge in [0.25, 0.3) is 0 Å². The lowest BCUT2D eigenvalue weighted by Crippen LogP contribution is -2.60. The zero-order chi connectivity index (χ0) is 16.8. The molecule has 0 spiro atoms. The summed E-state index contributed by atoms with van der Waals surface area (Å²) in [7, 11) is 2.12. The van der Waals surface area contributed by atoms with Crippen LogP contribution in [-0.2, 0) is 4.79 Å². The Morgan fingerprint density at radius 1 is 1.14 bits per heavy atom. The van der Waals surface area contributed by atoms with Crippen LogP contribution in [0.15, 0.2) is 0 Å². The molecule has 0 saturated carbocycles. The maximum Gasteiger partial charge on any atom is 0.239 e. The van der Waals surface area contributed by atoms with Crippen molar-refractivity contribution in [3.8, 4) is 0 Å². The van der Waals surface area contributed by atoms with Crippen LogP contribution in [0.2, 0.25) is 0 Å². The number of piperazine rings is 1. The number of nitrogens with zero attached hydrogens (tertiary/aromatic N) is 2. The van der Waals surface area contributed by atoms with E-state index in [1.54, 1.807) is 0 Å². The SMILES string of the molecule is CCC(CC)(CCO)CNC(=O)C(C)(C)N1CCN(C)CC1. The molecule has 0 unspecified atom stereocenters. The van der Waals surface area contributed by atoms with Crippen molar-refractivity contribution in [2.75, 3.05) is 46.4 Å². The van der Waals surface area contributed by atoms with E-state index in [1.165, 1.54) is 0 Å². The highest BCUT2D eigenvalue weighted by Crippen LogP contribution is 2.29. The van der Waals surface area contributed by atoms with E-state index in [1.807, 2.05) is 13.8 Å². The average molecular weight is 313 g/mol. The number of hydrogen-bond acceptors (Lipinski definition) is 4. The van der Waals surface area contributed by atoms with Gasteiger partial charge in [-0.05, 0) is 45.6 Å². The first-order valence-electron chi connectivity index (χ1n) is 8.64. The summed E-state index contributed by atoms with van der Waals surface area (Å²) in [6.45, 7) is 13.0. The van der Waals surface area contributed by atoms with Gasteiger partial charge in [-0.1, -0.05) is 13.8 Å². The average Bonchev–Trinajstić information content (AvgIpc) is 2.51. The third kappa shape index (κ3) is 4.67. The van der Waals surface area contributed by atoms with E-state index in [0.29, 0.717) is 6.54 Å². The molecule has 130 valence electrons. The lowest BCUT2D eigenvalue weighted by molar-refractivity contribution is -0.133. The molecule has 1 aliphatic rings. The van der Waals surface area contributed by atoms with Crippen LogP contribution >= 0.6 is 0 Å². The number of rotatable bonds is 8. The molecule has 0 radical (unpaired) electrons. The van der Waals surface area contributed by atoms with E-state index < -0.39 is 5.54 Å². The van der Waals surface area contributed by atoms with Gasteiger partial charge in [0.2, 0.25) is 5.91 Å². The summed E-state index contributed by atoms with van der Waals surface area (Å²) in [5.74, 6) is 0.0984. The van der Waals surface area contributed by atoms with E-state index in [0.717, 1.165) is 45.4 Å². The molecule has 0 aromatic carbocycles. The molecule has 0 aliphatic carbocycles. The van der Waals surface area contributed by atoms with E-state index in [-0.39, 0.29) is 17.9 Å². The molecule has 1 heterocycles. The lowest BCUT2D eigenvalue weighted by Gasteiger charge is -2.42. The van der Waals surface area contributed by atoms with Crippen molar-refractivity contribution in [3.63, 3.8) is 0 Å². The maximum atomic E-state index is 12.7. The summed E-state index contributed by atoms with van der Waals surface area (Å²) in [6, 6.07) is 0. The van der Waals surface area contributed by atoms with Crippen molar-refractivity contribution >= 4 is 5.91 Å². The number of amides is 1. The Balaban J connectivity index is 2.62. The minimum absolute atomic E-state index is 0.0165. The Kier molecular flexibility index (Phi) is 7.29. The zero-order valence-electron chi connectivity index (χ0n) is 15.1. The van der Waals surface area contributed by atoms with Crippen LogP contribution in [0, 0.1) is 5.41 Å². The van der Waals surface area contributed by atoms with Crippen LogP contribution in [0.1, 0.15) is 47.0 Å². The van der Waals surface area contributed by atoms with Gasteiger partial charge in [0.05, 0.1) is 5.54 Å². The predicted octanol–water partition coefficient (Wildman–Crippen LogP) is 1.32. The second-order valence-electron chi connectivity index (χ2n) is 7.21. The number of carbonyl (C=O) groups is 1. The Morgan fingerprint density at radius 3 is 2.14 bits per heavy atom. The molecule has 5 heteroatoms. The zero-order valence-corrected chi connectivity index (χ0v) is 15.1. The van der Waals surface area contributed by atoms with Crippen molar-refractivity contribution in [1.82, 2.24) is 15.1 Å². The van der Waals surface area contributed by atoms with Crippen LogP contribution in [0.25, 0.3) is 0 Å². The number of aliphatic hydroxyl groups is 1. The molecule has 0 bridgehead atoms. The summed E-state index contributed by atoms with van der Waals surface area (Å²) in [5.41, 5.74) is -0.462. The van der Waals surface area contributed by atoms with Gasteiger partial charge in [-0.2, -0.15) is 0 Å². The smallest absolute Gasteiger partial charge is 0.239 e. The topological polar surface area (TPSA) is 55.8 Å². The molecule has 5 nitrogen and oxygen atoms in total. The van der Waals surface area contributed by atoms with Crippen LogP contribution in [0.5, 0.6) is 0 Å². The van der Waals surface area contributed by atoms with E-state index in [2.05, 4.69) is 36.0 Å². The molecule has 1 rings (SSSR count). The molecule has 1 fully saturated rings. The largest absolute Gasteiger partial charge is 0.396 e.